The number of amides is 1. The minimum absolute atomic E-state index is 0.190. The molecule has 1 rings (SSSR count). The lowest BCUT2D eigenvalue weighted by molar-refractivity contribution is 0.0863. The summed E-state index contributed by atoms with van der Waals surface area (Å²) >= 11 is 0. The number of carbonyl (C=O) groups excluding carboxylic acids is 1. The van der Waals surface area contributed by atoms with Crippen LogP contribution in [0.2, 0.25) is 0 Å². The van der Waals surface area contributed by atoms with E-state index in [4.69, 9.17) is 15.4 Å². The molecule has 0 bridgehead atoms. The first-order valence-electron chi connectivity index (χ1n) is 5.08. The Morgan fingerprint density at radius 2 is 2.22 bits per heavy atom. The molecule has 0 radical (unpaired) electrons. The van der Waals surface area contributed by atoms with Crippen molar-refractivity contribution < 1.29 is 17.9 Å². The molecule has 1 unspecified atom stereocenters. The Balaban J connectivity index is 2.94. The number of aryl methyl sites for hydroxylation is 1. The van der Waals surface area contributed by atoms with Gasteiger partial charge in [-0.05, 0) is 13.8 Å². The summed E-state index contributed by atoms with van der Waals surface area (Å²) in [7, 11) is 2.73. The van der Waals surface area contributed by atoms with Crippen LogP contribution >= 0.6 is 10.7 Å². The molecule has 2 N–H and O–H groups in total. The fourth-order valence-corrected chi connectivity index (χ4v) is 2.62. The number of halogens is 1. The van der Waals surface area contributed by atoms with Crippen molar-refractivity contribution in [2.24, 2.45) is 0 Å². The van der Waals surface area contributed by atoms with Crippen LogP contribution in [0.3, 0.4) is 0 Å². The van der Waals surface area contributed by atoms with Crippen LogP contribution in [0.4, 0.5) is 0 Å². The molecule has 0 saturated carbocycles. The molecule has 1 amide bonds. The maximum Gasteiger partial charge on any atom is 0.273 e. The molecule has 1 aromatic rings. The maximum atomic E-state index is 11.8. The zero-order chi connectivity index (χ0) is 13.9. The Morgan fingerprint density at radius 3 is 2.72 bits per heavy atom. The summed E-state index contributed by atoms with van der Waals surface area (Å²) in [6.45, 7) is 3.47. The van der Waals surface area contributed by atoms with Crippen molar-refractivity contribution in [3.8, 4) is 0 Å². The molecule has 1 aromatic heterocycles. The van der Waals surface area contributed by atoms with Gasteiger partial charge >= 0.3 is 0 Å². The standard InChI is InChI=1S/C9H14ClN3O4S/c1-5(17-3)4-11-9(14)7-8(18(10,15)16)6(2)12-13-7/h5H,4H2,1-3H3,(H,11,14)(H,12,13). The molecule has 7 nitrogen and oxygen atoms in total. The Labute approximate surface area is 109 Å². The largest absolute Gasteiger partial charge is 0.380 e. The molecule has 0 aliphatic rings. The van der Waals surface area contributed by atoms with E-state index in [1.807, 2.05) is 0 Å². The predicted octanol–water partition coefficient (Wildman–Crippen LogP) is 0.410. The fourth-order valence-electron chi connectivity index (χ4n) is 1.27. The molecule has 1 atom stereocenters. The van der Waals surface area contributed by atoms with Gasteiger partial charge in [-0.2, -0.15) is 5.10 Å². The fraction of sp³-hybridized carbons (Fsp3) is 0.556. The number of H-pyrrole nitrogens is 1. The number of nitrogens with one attached hydrogen (secondary N) is 2. The third-order valence-electron chi connectivity index (χ3n) is 2.30. The van der Waals surface area contributed by atoms with Crippen molar-refractivity contribution in [1.82, 2.24) is 15.5 Å². The molecular formula is C9H14ClN3O4S. The van der Waals surface area contributed by atoms with E-state index in [0.717, 1.165) is 0 Å². The SMILES string of the molecule is COC(C)CNC(=O)c1n[nH]c(C)c1S(=O)(=O)Cl. The van der Waals surface area contributed by atoms with Gasteiger partial charge in [-0.25, -0.2) is 8.42 Å². The molecule has 0 aromatic carbocycles. The number of rotatable bonds is 5. The van der Waals surface area contributed by atoms with E-state index in [9.17, 15) is 13.2 Å². The summed E-state index contributed by atoms with van der Waals surface area (Å²) in [6, 6.07) is 0. The Hall–Kier alpha value is -1.12. The Bertz CT molecular complexity index is 540. The number of ether oxygens (including phenoxy) is 1. The lowest BCUT2D eigenvalue weighted by atomic mass is 10.3. The highest BCUT2D eigenvalue weighted by Crippen LogP contribution is 2.21. The van der Waals surface area contributed by atoms with Crippen LogP contribution in [0.1, 0.15) is 23.1 Å². The van der Waals surface area contributed by atoms with Gasteiger partial charge in [0, 0.05) is 24.3 Å². The van der Waals surface area contributed by atoms with Gasteiger partial charge in [0.25, 0.3) is 15.0 Å². The second-order valence-corrected chi connectivity index (χ2v) is 6.22. The van der Waals surface area contributed by atoms with Crippen LogP contribution in [0.5, 0.6) is 0 Å². The number of hydrogen-bond donors (Lipinski definition) is 2. The normalized spacial score (nSPS) is 13.3. The second-order valence-electron chi connectivity index (χ2n) is 3.72. The van der Waals surface area contributed by atoms with Gasteiger partial charge in [0.2, 0.25) is 0 Å². The van der Waals surface area contributed by atoms with E-state index in [-0.39, 0.29) is 28.9 Å². The van der Waals surface area contributed by atoms with Gasteiger partial charge in [0.15, 0.2) is 5.69 Å². The second kappa shape index (κ2) is 5.68. The maximum absolute atomic E-state index is 11.8. The number of hydrogen-bond acceptors (Lipinski definition) is 5. The van der Waals surface area contributed by atoms with Crippen molar-refractivity contribution in [3.05, 3.63) is 11.4 Å². The van der Waals surface area contributed by atoms with E-state index in [2.05, 4.69) is 15.5 Å². The average Bonchev–Trinajstić information content (AvgIpc) is 2.67. The van der Waals surface area contributed by atoms with Crippen LogP contribution in [-0.2, 0) is 13.8 Å². The zero-order valence-corrected chi connectivity index (χ0v) is 11.7. The van der Waals surface area contributed by atoms with E-state index >= 15 is 0 Å². The van der Waals surface area contributed by atoms with Crippen molar-refractivity contribution in [2.45, 2.75) is 24.8 Å². The van der Waals surface area contributed by atoms with Gasteiger partial charge in [-0.1, -0.05) is 0 Å². The highest BCUT2D eigenvalue weighted by atomic mass is 35.7. The first-order chi connectivity index (χ1) is 8.27. The Morgan fingerprint density at radius 1 is 1.61 bits per heavy atom. The smallest absolute Gasteiger partial charge is 0.273 e. The minimum atomic E-state index is -4.02. The van der Waals surface area contributed by atoms with Crippen LogP contribution in [0, 0.1) is 6.92 Å². The highest BCUT2D eigenvalue weighted by molar-refractivity contribution is 8.13. The number of aromatic nitrogens is 2. The van der Waals surface area contributed by atoms with Crippen LogP contribution in [-0.4, -0.2) is 44.3 Å². The quantitative estimate of drug-likeness (QED) is 0.766. The summed E-state index contributed by atoms with van der Waals surface area (Å²) < 4.78 is 27.6. The molecule has 102 valence electrons. The monoisotopic (exact) mass is 295 g/mol. The summed E-state index contributed by atoms with van der Waals surface area (Å²) in [5.41, 5.74) is -0.0271. The summed E-state index contributed by atoms with van der Waals surface area (Å²) in [5, 5.41) is 8.57. The minimum Gasteiger partial charge on any atom is -0.380 e. The first kappa shape index (κ1) is 14.9. The lowest BCUT2D eigenvalue weighted by Crippen LogP contribution is -2.32. The number of aromatic amines is 1. The molecule has 9 heteroatoms. The first-order valence-corrected chi connectivity index (χ1v) is 7.39. The molecule has 0 aliphatic carbocycles. The van der Waals surface area contributed by atoms with E-state index < -0.39 is 15.0 Å². The zero-order valence-electron chi connectivity index (χ0n) is 10.2. The number of carbonyl (C=O) groups is 1. The van der Waals surface area contributed by atoms with Crippen molar-refractivity contribution in [2.75, 3.05) is 13.7 Å². The van der Waals surface area contributed by atoms with E-state index in [0.29, 0.717) is 0 Å². The molecule has 0 saturated heterocycles. The van der Waals surface area contributed by atoms with Gasteiger partial charge in [-0.3, -0.25) is 9.89 Å². The third-order valence-corrected chi connectivity index (χ3v) is 3.75. The van der Waals surface area contributed by atoms with Gasteiger partial charge < -0.3 is 10.1 Å². The molecule has 0 aliphatic heterocycles. The lowest BCUT2D eigenvalue weighted by Gasteiger charge is -2.09. The molecule has 0 fully saturated rings. The topological polar surface area (TPSA) is 101 Å². The summed E-state index contributed by atoms with van der Waals surface area (Å²) in [6.07, 6.45) is -0.190. The van der Waals surface area contributed by atoms with Crippen LogP contribution in [0.25, 0.3) is 0 Å². The van der Waals surface area contributed by atoms with Crippen molar-refractivity contribution in [3.63, 3.8) is 0 Å². The van der Waals surface area contributed by atoms with Crippen molar-refractivity contribution >= 4 is 25.6 Å². The van der Waals surface area contributed by atoms with Gasteiger partial charge in [-0.15, -0.1) is 0 Å². The van der Waals surface area contributed by atoms with E-state index in [1.165, 1.54) is 14.0 Å². The van der Waals surface area contributed by atoms with Gasteiger partial charge in [0.05, 0.1) is 11.8 Å². The van der Waals surface area contributed by atoms with Crippen LogP contribution < -0.4 is 5.32 Å². The third kappa shape index (κ3) is 3.44. The molecule has 1 heterocycles. The molecule has 0 spiro atoms. The summed E-state index contributed by atoms with van der Waals surface area (Å²) in [4.78, 5) is 11.5. The molecule has 18 heavy (non-hydrogen) atoms. The van der Waals surface area contributed by atoms with E-state index in [1.54, 1.807) is 6.92 Å². The molecular weight excluding hydrogens is 282 g/mol. The number of nitrogens with zero attached hydrogens (tertiary/aromatic N) is 1. The summed E-state index contributed by atoms with van der Waals surface area (Å²) in [5.74, 6) is -0.623. The van der Waals surface area contributed by atoms with Crippen molar-refractivity contribution in [1.29, 1.82) is 0 Å². The predicted molar refractivity (Wildman–Crippen MR) is 65.2 cm³/mol. The van der Waals surface area contributed by atoms with Gasteiger partial charge in [0.1, 0.15) is 4.90 Å². The highest BCUT2D eigenvalue weighted by Gasteiger charge is 2.26. The average molecular weight is 296 g/mol. The van der Waals surface area contributed by atoms with Crippen LogP contribution in [0.15, 0.2) is 4.90 Å². The number of methoxy groups -OCH3 is 1. The Kier molecular flexibility index (Phi) is 4.71.